The van der Waals surface area contributed by atoms with E-state index in [1.807, 2.05) is 24.3 Å². The number of nitrogens with one attached hydrogen (secondary N) is 1. The molecule has 1 N–H and O–H groups in total. The van der Waals surface area contributed by atoms with E-state index in [2.05, 4.69) is 49.5 Å². The molecule has 2 nitrogen and oxygen atoms in total. The van der Waals surface area contributed by atoms with Gasteiger partial charge in [0, 0.05) is 12.2 Å². The van der Waals surface area contributed by atoms with Gasteiger partial charge in [0.25, 0.3) is 0 Å². The number of anilines is 1. The molecule has 0 bridgehead atoms. The van der Waals surface area contributed by atoms with E-state index >= 15 is 0 Å². The minimum Gasteiger partial charge on any atom is -0.491 e. The van der Waals surface area contributed by atoms with Crippen molar-refractivity contribution in [1.29, 1.82) is 0 Å². The van der Waals surface area contributed by atoms with Crippen molar-refractivity contribution in [2.75, 3.05) is 18.5 Å². The van der Waals surface area contributed by atoms with Crippen molar-refractivity contribution < 1.29 is 4.74 Å². The summed E-state index contributed by atoms with van der Waals surface area (Å²) in [7, 11) is 0. The van der Waals surface area contributed by atoms with Crippen molar-refractivity contribution in [2.45, 2.75) is 26.2 Å². The largest absolute Gasteiger partial charge is 0.491 e. The molecule has 0 amide bonds. The number of benzene rings is 2. The summed E-state index contributed by atoms with van der Waals surface area (Å²) in [6, 6.07) is 18.5. The van der Waals surface area contributed by atoms with E-state index in [0.717, 1.165) is 24.4 Å². The average Bonchev–Trinajstić information content (AvgIpc) is 2.52. The highest BCUT2D eigenvalue weighted by atomic mass is 16.5. The maximum atomic E-state index is 5.92. The molecule has 0 heterocycles. The average molecular weight is 269 g/mol. The lowest BCUT2D eigenvalue weighted by Gasteiger charge is -2.16. The van der Waals surface area contributed by atoms with Gasteiger partial charge in [-0.2, -0.15) is 0 Å². The van der Waals surface area contributed by atoms with Crippen molar-refractivity contribution in [3.63, 3.8) is 0 Å². The maximum Gasteiger partial charge on any atom is 0.122 e. The molecule has 0 saturated heterocycles. The molecular weight excluding hydrogens is 246 g/mol. The number of hydrogen-bond donors (Lipinski definition) is 1. The first-order valence-corrected chi connectivity index (χ1v) is 7.32. The quantitative estimate of drug-likeness (QED) is 0.736. The first kappa shape index (κ1) is 14.4. The highest BCUT2D eigenvalue weighted by Crippen LogP contribution is 2.28. The number of para-hydroxylation sites is 2. The zero-order valence-electron chi connectivity index (χ0n) is 12.3. The van der Waals surface area contributed by atoms with Crippen LogP contribution in [-0.4, -0.2) is 13.2 Å². The molecule has 2 heteroatoms. The van der Waals surface area contributed by atoms with E-state index in [0.29, 0.717) is 12.5 Å². The second-order valence-corrected chi connectivity index (χ2v) is 4.99. The molecule has 0 spiro atoms. The smallest absolute Gasteiger partial charge is 0.122 e. The predicted molar refractivity (Wildman–Crippen MR) is 85.6 cm³/mol. The lowest BCUT2D eigenvalue weighted by molar-refractivity contribution is 0.327. The lowest BCUT2D eigenvalue weighted by atomic mass is 9.98. The van der Waals surface area contributed by atoms with E-state index in [1.165, 1.54) is 5.56 Å². The third kappa shape index (κ3) is 4.02. The number of rotatable bonds is 7. The van der Waals surface area contributed by atoms with Gasteiger partial charge >= 0.3 is 0 Å². The topological polar surface area (TPSA) is 21.3 Å². The fourth-order valence-electron chi connectivity index (χ4n) is 2.15. The molecule has 0 radical (unpaired) electrons. The lowest BCUT2D eigenvalue weighted by Crippen LogP contribution is -2.12. The standard InChI is InChI=1S/C18H23NO/c1-3-15(2)17-11-7-8-12-18(17)20-14-13-19-16-9-5-4-6-10-16/h4-12,15,19H,3,13-14H2,1-2H3. The van der Waals surface area contributed by atoms with Gasteiger partial charge in [-0.15, -0.1) is 0 Å². The molecular formula is C18H23NO. The van der Waals surface area contributed by atoms with Crippen molar-refractivity contribution in [2.24, 2.45) is 0 Å². The van der Waals surface area contributed by atoms with Crippen LogP contribution in [0.15, 0.2) is 54.6 Å². The zero-order chi connectivity index (χ0) is 14.2. The zero-order valence-corrected chi connectivity index (χ0v) is 12.3. The van der Waals surface area contributed by atoms with Crippen molar-refractivity contribution in [1.82, 2.24) is 0 Å². The summed E-state index contributed by atoms with van der Waals surface area (Å²) in [6.45, 7) is 5.92. The summed E-state index contributed by atoms with van der Waals surface area (Å²) in [6.07, 6.45) is 1.13. The molecule has 20 heavy (non-hydrogen) atoms. The molecule has 0 aromatic heterocycles. The van der Waals surface area contributed by atoms with Crippen LogP contribution in [0.3, 0.4) is 0 Å². The Hall–Kier alpha value is -1.96. The van der Waals surface area contributed by atoms with Gasteiger partial charge in [0.2, 0.25) is 0 Å². The van der Waals surface area contributed by atoms with Gasteiger partial charge in [0.15, 0.2) is 0 Å². The molecule has 2 aromatic rings. The maximum absolute atomic E-state index is 5.92. The van der Waals surface area contributed by atoms with Crippen molar-refractivity contribution in [3.8, 4) is 5.75 Å². The van der Waals surface area contributed by atoms with Crippen LogP contribution < -0.4 is 10.1 Å². The highest BCUT2D eigenvalue weighted by molar-refractivity contribution is 5.42. The summed E-state index contributed by atoms with van der Waals surface area (Å²) >= 11 is 0. The Morgan fingerprint density at radius 2 is 1.70 bits per heavy atom. The Bertz CT molecular complexity index is 510. The SMILES string of the molecule is CCC(C)c1ccccc1OCCNc1ccccc1. The monoisotopic (exact) mass is 269 g/mol. The van der Waals surface area contributed by atoms with E-state index in [4.69, 9.17) is 4.74 Å². The van der Waals surface area contributed by atoms with Crippen LogP contribution in [0.4, 0.5) is 5.69 Å². The van der Waals surface area contributed by atoms with Gasteiger partial charge in [-0.1, -0.05) is 50.2 Å². The van der Waals surface area contributed by atoms with E-state index in [9.17, 15) is 0 Å². The normalized spacial score (nSPS) is 11.9. The summed E-state index contributed by atoms with van der Waals surface area (Å²) in [4.78, 5) is 0. The van der Waals surface area contributed by atoms with Crippen LogP contribution >= 0.6 is 0 Å². The first-order chi connectivity index (χ1) is 9.81. The minimum atomic E-state index is 0.535. The summed E-state index contributed by atoms with van der Waals surface area (Å²) in [5.74, 6) is 1.55. The van der Waals surface area contributed by atoms with E-state index in [-0.39, 0.29) is 0 Å². The van der Waals surface area contributed by atoms with Gasteiger partial charge in [-0.3, -0.25) is 0 Å². The molecule has 0 saturated carbocycles. The molecule has 1 unspecified atom stereocenters. The van der Waals surface area contributed by atoms with Crippen LogP contribution in [0.5, 0.6) is 5.75 Å². The Labute approximate surface area is 121 Å². The molecule has 0 aliphatic carbocycles. The molecule has 2 rings (SSSR count). The van der Waals surface area contributed by atoms with Crippen LogP contribution in [0.2, 0.25) is 0 Å². The minimum absolute atomic E-state index is 0.535. The Morgan fingerprint density at radius 3 is 2.45 bits per heavy atom. The Morgan fingerprint density at radius 1 is 1.00 bits per heavy atom. The van der Waals surface area contributed by atoms with Gasteiger partial charge in [-0.25, -0.2) is 0 Å². The number of ether oxygens (including phenoxy) is 1. The van der Waals surface area contributed by atoms with Gasteiger partial charge < -0.3 is 10.1 Å². The van der Waals surface area contributed by atoms with Gasteiger partial charge in [-0.05, 0) is 36.1 Å². The van der Waals surface area contributed by atoms with E-state index < -0.39 is 0 Å². The highest BCUT2D eigenvalue weighted by Gasteiger charge is 2.08. The Kier molecular flexibility index (Phi) is 5.48. The van der Waals surface area contributed by atoms with Gasteiger partial charge in [0.1, 0.15) is 12.4 Å². The van der Waals surface area contributed by atoms with Crippen LogP contribution in [0.25, 0.3) is 0 Å². The molecule has 1 atom stereocenters. The fourth-order valence-corrected chi connectivity index (χ4v) is 2.15. The number of hydrogen-bond acceptors (Lipinski definition) is 2. The first-order valence-electron chi connectivity index (χ1n) is 7.32. The molecule has 0 aliphatic heterocycles. The summed E-state index contributed by atoms with van der Waals surface area (Å²) in [5.41, 5.74) is 2.43. The third-order valence-electron chi connectivity index (χ3n) is 3.52. The molecule has 106 valence electrons. The van der Waals surface area contributed by atoms with Gasteiger partial charge in [0.05, 0.1) is 0 Å². The second-order valence-electron chi connectivity index (χ2n) is 4.99. The van der Waals surface area contributed by atoms with Crippen molar-refractivity contribution >= 4 is 5.69 Å². The molecule has 2 aromatic carbocycles. The summed E-state index contributed by atoms with van der Waals surface area (Å²) < 4.78 is 5.92. The van der Waals surface area contributed by atoms with E-state index in [1.54, 1.807) is 0 Å². The van der Waals surface area contributed by atoms with Crippen molar-refractivity contribution in [3.05, 3.63) is 60.2 Å². The van der Waals surface area contributed by atoms with Crippen LogP contribution in [0.1, 0.15) is 31.7 Å². The second kappa shape index (κ2) is 7.59. The summed E-state index contributed by atoms with van der Waals surface area (Å²) in [5, 5.41) is 3.35. The Balaban J connectivity index is 1.85. The third-order valence-corrected chi connectivity index (χ3v) is 3.52. The molecule has 0 aliphatic rings. The molecule has 0 fully saturated rings. The fraction of sp³-hybridized carbons (Fsp3) is 0.333. The predicted octanol–water partition coefficient (Wildman–Crippen LogP) is 4.69. The van der Waals surface area contributed by atoms with Crippen LogP contribution in [0, 0.1) is 0 Å². The van der Waals surface area contributed by atoms with Crippen LogP contribution in [-0.2, 0) is 0 Å².